The first-order valence-corrected chi connectivity index (χ1v) is 10.0. The molecule has 2 fully saturated rings. The van der Waals surface area contributed by atoms with E-state index in [1.165, 1.54) is 19.3 Å². The molecule has 1 aromatic rings. The maximum atomic E-state index is 12.2. The number of carbonyl (C=O) groups is 1. The van der Waals surface area contributed by atoms with E-state index in [1.54, 1.807) is 11.7 Å². The molecular weight excluding hydrogens is 344 g/mol. The fraction of sp³-hybridized carbons (Fsp3) is 0.737. The van der Waals surface area contributed by atoms with E-state index in [4.69, 9.17) is 4.74 Å². The van der Waals surface area contributed by atoms with E-state index in [-0.39, 0.29) is 12.0 Å². The van der Waals surface area contributed by atoms with Crippen LogP contribution in [0.1, 0.15) is 50.2 Å². The van der Waals surface area contributed by atoms with E-state index in [2.05, 4.69) is 25.6 Å². The number of hydrogen-bond acceptors (Lipinski definition) is 4. The molecule has 27 heavy (non-hydrogen) atoms. The third-order valence-electron chi connectivity index (χ3n) is 5.28. The Labute approximate surface area is 161 Å². The highest BCUT2D eigenvalue weighted by atomic mass is 16.5. The number of morpholine rings is 1. The predicted octanol–water partition coefficient (Wildman–Crippen LogP) is 1.21. The van der Waals surface area contributed by atoms with Crippen LogP contribution in [-0.2, 0) is 16.6 Å². The standard InChI is InChI=1S/C19H32N6O2/c1-20-19(21-9-8-18(26)23-16-6-4-3-5-7-16)25-10-11-27-17(14-25)15-12-22-24(2)13-15/h12-13,16-17H,3-11,14H2,1-2H3,(H,20,21)(H,23,26). The summed E-state index contributed by atoms with van der Waals surface area (Å²) in [7, 11) is 3.68. The molecular formula is C19H32N6O2. The van der Waals surface area contributed by atoms with Crippen molar-refractivity contribution in [1.82, 2.24) is 25.3 Å². The van der Waals surface area contributed by atoms with Crippen molar-refractivity contribution >= 4 is 11.9 Å². The molecule has 1 atom stereocenters. The van der Waals surface area contributed by atoms with Crippen molar-refractivity contribution in [3.63, 3.8) is 0 Å². The van der Waals surface area contributed by atoms with Gasteiger partial charge in [-0.1, -0.05) is 19.3 Å². The molecule has 1 aliphatic heterocycles. The Morgan fingerprint density at radius 2 is 2.19 bits per heavy atom. The van der Waals surface area contributed by atoms with Crippen molar-refractivity contribution in [2.24, 2.45) is 12.0 Å². The van der Waals surface area contributed by atoms with Crippen LogP contribution in [0, 0.1) is 0 Å². The summed E-state index contributed by atoms with van der Waals surface area (Å²) in [6, 6.07) is 0.366. The largest absolute Gasteiger partial charge is 0.370 e. The number of aromatic nitrogens is 2. The lowest BCUT2D eigenvalue weighted by Gasteiger charge is -2.34. The van der Waals surface area contributed by atoms with Crippen LogP contribution in [0.5, 0.6) is 0 Å². The van der Waals surface area contributed by atoms with Gasteiger partial charge in [-0.05, 0) is 12.8 Å². The Balaban J connectivity index is 1.43. The number of amides is 1. The van der Waals surface area contributed by atoms with Crippen LogP contribution in [0.4, 0.5) is 0 Å². The zero-order valence-electron chi connectivity index (χ0n) is 16.5. The van der Waals surface area contributed by atoms with Gasteiger partial charge in [0.15, 0.2) is 5.96 Å². The lowest BCUT2D eigenvalue weighted by Crippen LogP contribution is -2.48. The summed E-state index contributed by atoms with van der Waals surface area (Å²) in [6.45, 7) is 2.73. The number of rotatable bonds is 5. The van der Waals surface area contributed by atoms with Gasteiger partial charge in [-0.2, -0.15) is 5.10 Å². The average Bonchev–Trinajstić information content (AvgIpc) is 3.12. The zero-order chi connectivity index (χ0) is 19.1. The van der Waals surface area contributed by atoms with Crippen LogP contribution >= 0.6 is 0 Å². The Bertz CT molecular complexity index is 638. The van der Waals surface area contributed by atoms with Gasteiger partial charge in [-0.25, -0.2) is 0 Å². The van der Waals surface area contributed by atoms with Crippen LogP contribution in [0.3, 0.4) is 0 Å². The predicted molar refractivity (Wildman–Crippen MR) is 104 cm³/mol. The van der Waals surface area contributed by atoms with Crippen molar-refractivity contribution in [3.05, 3.63) is 18.0 Å². The van der Waals surface area contributed by atoms with Gasteiger partial charge in [0.25, 0.3) is 0 Å². The SMILES string of the molecule is CN=C(NCCC(=O)NC1CCCCC1)N1CCOC(c2cnn(C)c2)C1. The summed E-state index contributed by atoms with van der Waals surface area (Å²) >= 11 is 0. The van der Waals surface area contributed by atoms with Gasteiger partial charge in [0.1, 0.15) is 6.10 Å². The molecule has 1 saturated heterocycles. The van der Waals surface area contributed by atoms with Crippen molar-refractivity contribution in [1.29, 1.82) is 0 Å². The van der Waals surface area contributed by atoms with Crippen molar-refractivity contribution in [2.75, 3.05) is 33.3 Å². The molecule has 8 heteroatoms. The molecule has 2 heterocycles. The monoisotopic (exact) mass is 376 g/mol. The molecule has 2 N–H and O–H groups in total. The van der Waals surface area contributed by atoms with E-state index < -0.39 is 0 Å². The molecule has 8 nitrogen and oxygen atoms in total. The molecule has 150 valence electrons. The highest BCUT2D eigenvalue weighted by Crippen LogP contribution is 2.21. The van der Waals surface area contributed by atoms with Gasteiger partial charge in [-0.15, -0.1) is 0 Å². The normalized spacial score (nSPS) is 21.9. The number of carbonyl (C=O) groups excluding carboxylic acids is 1. The molecule has 0 spiro atoms. The molecule has 0 bridgehead atoms. The molecule has 0 aromatic carbocycles. The first kappa shape index (κ1) is 19.7. The number of nitrogens with zero attached hydrogens (tertiary/aromatic N) is 4. The van der Waals surface area contributed by atoms with Gasteiger partial charge >= 0.3 is 0 Å². The summed E-state index contributed by atoms with van der Waals surface area (Å²) in [4.78, 5) is 18.7. The number of guanidine groups is 1. The second kappa shape index (κ2) is 9.73. The van der Waals surface area contributed by atoms with Gasteiger partial charge < -0.3 is 20.3 Å². The molecule has 3 rings (SSSR count). The van der Waals surface area contributed by atoms with Crippen LogP contribution in [0.2, 0.25) is 0 Å². The number of ether oxygens (including phenoxy) is 1. The lowest BCUT2D eigenvalue weighted by atomic mass is 9.95. The number of hydrogen-bond donors (Lipinski definition) is 2. The molecule has 1 saturated carbocycles. The van der Waals surface area contributed by atoms with E-state index in [9.17, 15) is 4.79 Å². The molecule has 1 amide bonds. The molecule has 1 aromatic heterocycles. The van der Waals surface area contributed by atoms with Crippen LogP contribution in [0.15, 0.2) is 17.4 Å². The van der Waals surface area contributed by atoms with Crippen LogP contribution in [0.25, 0.3) is 0 Å². The summed E-state index contributed by atoms with van der Waals surface area (Å²) in [5.41, 5.74) is 1.07. The van der Waals surface area contributed by atoms with Gasteiger partial charge in [0.05, 0.1) is 19.3 Å². The van der Waals surface area contributed by atoms with Crippen LogP contribution in [-0.4, -0.2) is 65.9 Å². The minimum absolute atomic E-state index is 0.0133. The summed E-state index contributed by atoms with van der Waals surface area (Å²) in [5, 5.41) is 10.7. The fourth-order valence-corrected chi connectivity index (χ4v) is 3.82. The first-order valence-electron chi connectivity index (χ1n) is 10.0. The Hall–Kier alpha value is -2.09. The maximum Gasteiger partial charge on any atom is 0.221 e. The molecule has 2 aliphatic rings. The number of aryl methyl sites for hydroxylation is 1. The third kappa shape index (κ3) is 5.69. The second-order valence-corrected chi connectivity index (χ2v) is 7.38. The van der Waals surface area contributed by atoms with Crippen molar-refractivity contribution in [2.45, 2.75) is 50.7 Å². The van der Waals surface area contributed by atoms with E-state index in [0.717, 1.165) is 37.5 Å². The molecule has 1 unspecified atom stereocenters. The minimum atomic E-state index is -0.0133. The quantitative estimate of drug-likeness (QED) is 0.596. The summed E-state index contributed by atoms with van der Waals surface area (Å²) in [5.74, 6) is 0.942. The molecule has 1 aliphatic carbocycles. The smallest absolute Gasteiger partial charge is 0.221 e. The Kier molecular flexibility index (Phi) is 7.09. The summed E-state index contributed by atoms with van der Waals surface area (Å²) in [6.07, 6.45) is 10.3. The first-order chi connectivity index (χ1) is 13.2. The minimum Gasteiger partial charge on any atom is -0.370 e. The Morgan fingerprint density at radius 3 is 2.89 bits per heavy atom. The number of aliphatic imine (C=N–C) groups is 1. The van der Waals surface area contributed by atoms with E-state index >= 15 is 0 Å². The van der Waals surface area contributed by atoms with Gasteiger partial charge in [-0.3, -0.25) is 14.5 Å². The highest BCUT2D eigenvalue weighted by Gasteiger charge is 2.25. The van der Waals surface area contributed by atoms with E-state index in [1.807, 2.05) is 19.4 Å². The van der Waals surface area contributed by atoms with Gasteiger partial charge in [0.2, 0.25) is 5.91 Å². The topological polar surface area (TPSA) is 83.8 Å². The maximum absolute atomic E-state index is 12.2. The second-order valence-electron chi connectivity index (χ2n) is 7.38. The van der Waals surface area contributed by atoms with Crippen molar-refractivity contribution < 1.29 is 9.53 Å². The van der Waals surface area contributed by atoms with Gasteiger partial charge in [0, 0.05) is 51.4 Å². The Morgan fingerprint density at radius 1 is 1.37 bits per heavy atom. The zero-order valence-corrected chi connectivity index (χ0v) is 16.5. The highest BCUT2D eigenvalue weighted by molar-refractivity contribution is 5.81. The van der Waals surface area contributed by atoms with Crippen LogP contribution < -0.4 is 10.6 Å². The third-order valence-corrected chi connectivity index (χ3v) is 5.28. The average molecular weight is 377 g/mol. The van der Waals surface area contributed by atoms with Crippen molar-refractivity contribution in [3.8, 4) is 0 Å². The summed E-state index contributed by atoms with van der Waals surface area (Å²) < 4.78 is 7.67. The fourth-order valence-electron chi connectivity index (χ4n) is 3.82. The molecule has 0 radical (unpaired) electrons. The number of nitrogens with one attached hydrogen (secondary N) is 2. The lowest BCUT2D eigenvalue weighted by molar-refractivity contribution is -0.121. The van der Waals surface area contributed by atoms with E-state index in [0.29, 0.717) is 25.6 Å².